The Bertz CT molecular complexity index is 399. The summed E-state index contributed by atoms with van der Waals surface area (Å²) in [4.78, 5) is 2.94. The van der Waals surface area contributed by atoms with E-state index in [2.05, 4.69) is 30.9 Å². The topological polar surface area (TPSA) is 29.3 Å². The summed E-state index contributed by atoms with van der Waals surface area (Å²) in [7, 11) is 0. The summed E-state index contributed by atoms with van der Waals surface area (Å²) in [5, 5.41) is 0. The standard InChI is InChI=1S/C14H20N2S/c1-10-7-8-16(11(2)9-10)13-5-3-12(4-6-13)14(15)17/h3-6,10-11H,7-9H2,1-2H3,(H2,15,17). The Morgan fingerprint density at radius 3 is 2.47 bits per heavy atom. The predicted molar refractivity (Wildman–Crippen MR) is 77.5 cm³/mol. The van der Waals surface area contributed by atoms with Gasteiger partial charge in [-0.25, -0.2) is 0 Å². The summed E-state index contributed by atoms with van der Waals surface area (Å²) in [6, 6.07) is 8.90. The van der Waals surface area contributed by atoms with Crippen molar-refractivity contribution in [3.63, 3.8) is 0 Å². The molecule has 2 atom stereocenters. The molecule has 1 heterocycles. The van der Waals surface area contributed by atoms with Gasteiger partial charge in [0.25, 0.3) is 0 Å². The molecule has 2 rings (SSSR count). The quantitative estimate of drug-likeness (QED) is 0.816. The number of nitrogens with two attached hydrogens (primary N) is 1. The van der Waals surface area contributed by atoms with E-state index in [4.69, 9.17) is 18.0 Å². The van der Waals surface area contributed by atoms with Crippen LogP contribution in [0.2, 0.25) is 0 Å². The maximum atomic E-state index is 5.61. The molecule has 2 nitrogen and oxygen atoms in total. The molecule has 1 aromatic carbocycles. The Morgan fingerprint density at radius 1 is 1.29 bits per heavy atom. The Labute approximate surface area is 109 Å². The Morgan fingerprint density at radius 2 is 1.94 bits per heavy atom. The van der Waals surface area contributed by atoms with Crippen molar-refractivity contribution in [2.24, 2.45) is 11.7 Å². The lowest BCUT2D eigenvalue weighted by Gasteiger charge is -2.38. The number of thiocarbonyl (C=S) groups is 1. The van der Waals surface area contributed by atoms with Crippen LogP contribution < -0.4 is 10.6 Å². The van der Waals surface area contributed by atoms with E-state index in [9.17, 15) is 0 Å². The first-order valence-electron chi connectivity index (χ1n) is 6.24. The lowest BCUT2D eigenvalue weighted by atomic mass is 9.93. The van der Waals surface area contributed by atoms with Crippen molar-refractivity contribution in [2.45, 2.75) is 32.7 Å². The van der Waals surface area contributed by atoms with E-state index in [1.165, 1.54) is 18.5 Å². The predicted octanol–water partition coefficient (Wildman–Crippen LogP) is 2.95. The molecule has 1 aliphatic rings. The van der Waals surface area contributed by atoms with E-state index >= 15 is 0 Å². The average Bonchev–Trinajstić information content (AvgIpc) is 2.29. The van der Waals surface area contributed by atoms with Crippen molar-refractivity contribution in [2.75, 3.05) is 11.4 Å². The van der Waals surface area contributed by atoms with Crippen molar-refractivity contribution in [1.29, 1.82) is 0 Å². The molecule has 92 valence electrons. The molecular formula is C14H20N2S. The van der Waals surface area contributed by atoms with Gasteiger partial charge in [-0.3, -0.25) is 0 Å². The summed E-state index contributed by atoms with van der Waals surface area (Å²) >= 11 is 4.96. The number of benzene rings is 1. The van der Waals surface area contributed by atoms with Gasteiger partial charge >= 0.3 is 0 Å². The van der Waals surface area contributed by atoms with E-state index in [0.717, 1.165) is 18.0 Å². The SMILES string of the molecule is CC1CCN(c2ccc(C(N)=S)cc2)C(C)C1. The van der Waals surface area contributed by atoms with Crippen LogP contribution in [0.15, 0.2) is 24.3 Å². The minimum absolute atomic E-state index is 0.469. The molecule has 0 spiro atoms. The van der Waals surface area contributed by atoms with Gasteiger partial charge < -0.3 is 10.6 Å². The second-order valence-electron chi connectivity index (χ2n) is 5.08. The highest BCUT2D eigenvalue weighted by Crippen LogP contribution is 2.27. The average molecular weight is 248 g/mol. The number of hydrogen-bond acceptors (Lipinski definition) is 2. The molecule has 17 heavy (non-hydrogen) atoms. The Balaban J connectivity index is 2.14. The smallest absolute Gasteiger partial charge is 0.103 e. The van der Waals surface area contributed by atoms with Crippen LogP contribution in [0.1, 0.15) is 32.3 Å². The van der Waals surface area contributed by atoms with E-state index in [1.54, 1.807) is 0 Å². The molecule has 0 aliphatic carbocycles. The van der Waals surface area contributed by atoms with Crippen molar-refractivity contribution in [3.8, 4) is 0 Å². The van der Waals surface area contributed by atoms with Gasteiger partial charge in [-0.1, -0.05) is 19.1 Å². The fourth-order valence-corrected chi connectivity index (χ4v) is 2.74. The molecule has 1 aliphatic heterocycles. The number of anilines is 1. The van der Waals surface area contributed by atoms with E-state index in [-0.39, 0.29) is 0 Å². The number of nitrogens with zero attached hydrogens (tertiary/aromatic N) is 1. The molecule has 1 saturated heterocycles. The first-order chi connectivity index (χ1) is 8.08. The third kappa shape index (κ3) is 2.78. The fraction of sp³-hybridized carbons (Fsp3) is 0.500. The van der Waals surface area contributed by atoms with E-state index in [0.29, 0.717) is 11.0 Å². The molecular weight excluding hydrogens is 228 g/mol. The zero-order valence-corrected chi connectivity index (χ0v) is 11.3. The minimum Gasteiger partial charge on any atom is -0.389 e. The third-order valence-corrected chi connectivity index (χ3v) is 3.86. The number of rotatable bonds is 2. The minimum atomic E-state index is 0.469. The third-order valence-electron chi connectivity index (χ3n) is 3.62. The maximum absolute atomic E-state index is 5.61. The monoisotopic (exact) mass is 248 g/mol. The molecule has 3 heteroatoms. The van der Waals surface area contributed by atoms with Crippen molar-refractivity contribution < 1.29 is 0 Å². The van der Waals surface area contributed by atoms with Gasteiger partial charge in [0, 0.05) is 23.8 Å². The molecule has 2 N–H and O–H groups in total. The highest BCUT2D eigenvalue weighted by molar-refractivity contribution is 7.80. The highest BCUT2D eigenvalue weighted by Gasteiger charge is 2.22. The summed E-state index contributed by atoms with van der Waals surface area (Å²) in [6.07, 6.45) is 2.55. The second-order valence-corrected chi connectivity index (χ2v) is 5.52. The first-order valence-corrected chi connectivity index (χ1v) is 6.65. The van der Waals surface area contributed by atoms with Crippen LogP contribution in [-0.2, 0) is 0 Å². The summed E-state index contributed by atoms with van der Waals surface area (Å²) in [5.41, 5.74) is 7.83. The lowest BCUT2D eigenvalue weighted by Crippen LogP contribution is -2.40. The molecule has 0 aromatic heterocycles. The van der Waals surface area contributed by atoms with Crippen LogP contribution in [0.25, 0.3) is 0 Å². The van der Waals surface area contributed by atoms with E-state index < -0.39 is 0 Å². The Kier molecular flexibility index (Phi) is 3.67. The molecule has 2 unspecified atom stereocenters. The normalized spacial score (nSPS) is 24.7. The van der Waals surface area contributed by atoms with Crippen molar-refractivity contribution >= 4 is 22.9 Å². The van der Waals surface area contributed by atoms with Crippen LogP contribution in [-0.4, -0.2) is 17.6 Å². The van der Waals surface area contributed by atoms with Gasteiger partial charge in [-0.2, -0.15) is 0 Å². The van der Waals surface area contributed by atoms with Crippen LogP contribution in [0.4, 0.5) is 5.69 Å². The largest absolute Gasteiger partial charge is 0.389 e. The van der Waals surface area contributed by atoms with Crippen molar-refractivity contribution in [3.05, 3.63) is 29.8 Å². The van der Waals surface area contributed by atoms with Gasteiger partial charge in [0.05, 0.1) is 0 Å². The zero-order chi connectivity index (χ0) is 12.4. The lowest BCUT2D eigenvalue weighted by molar-refractivity contribution is 0.378. The second kappa shape index (κ2) is 5.05. The zero-order valence-electron chi connectivity index (χ0n) is 10.5. The first kappa shape index (κ1) is 12.4. The van der Waals surface area contributed by atoms with Gasteiger partial charge in [0.2, 0.25) is 0 Å². The molecule has 0 amide bonds. The van der Waals surface area contributed by atoms with Crippen LogP contribution in [0, 0.1) is 5.92 Å². The van der Waals surface area contributed by atoms with E-state index in [1.807, 2.05) is 12.1 Å². The van der Waals surface area contributed by atoms with Gasteiger partial charge in [-0.15, -0.1) is 0 Å². The summed E-state index contributed by atoms with van der Waals surface area (Å²) in [5.74, 6) is 0.845. The van der Waals surface area contributed by atoms with Gasteiger partial charge in [-0.05, 0) is 49.9 Å². The highest BCUT2D eigenvalue weighted by atomic mass is 32.1. The molecule has 1 fully saturated rings. The molecule has 0 saturated carbocycles. The maximum Gasteiger partial charge on any atom is 0.103 e. The van der Waals surface area contributed by atoms with Gasteiger partial charge in [0.1, 0.15) is 4.99 Å². The Hall–Kier alpha value is -1.09. The van der Waals surface area contributed by atoms with Crippen LogP contribution >= 0.6 is 12.2 Å². The van der Waals surface area contributed by atoms with Crippen molar-refractivity contribution in [1.82, 2.24) is 0 Å². The number of hydrogen-bond donors (Lipinski definition) is 1. The number of piperidine rings is 1. The fourth-order valence-electron chi connectivity index (χ4n) is 2.61. The summed E-state index contributed by atoms with van der Waals surface area (Å²) < 4.78 is 0. The van der Waals surface area contributed by atoms with Crippen LogP contribution in [0.3, 0.4) is 0 Å². The summed E-state index contributed by atoms with van der Waals surface area (Å²) in [6.45, 7) is 5.79. The molecule has 0 bridgehead atoms. The van der Waals surface area contributed by atoms with Gasteiger partial charge in [0.15, 0.2) is 0 Å². The molecule has 0 radical (unpaired) electrons. The van der Waals surface area contributed by atoms with Crippen LogP contribution in [0.5, 0.6) is 0 Å². The molecule has 1 aromatic rings.